The maximum atomic E-state index is 11.5. The Morgan fingerprint density at radius 1 is 1.41 bits per heavy atom. The zero-order valence-electron chi connectivity index (χ0n) is 18.0. The number of furan rings is 1. The molecule has 0 spiro atoms. The highest BCUT2D eigenvalue weighted by atomic mass is 16.6. The number of allylic oxidation sites excluding steroid dienone is 5. The first kappa shape index (κ1) is 21.2. The van der Waals surface area contributed by atoms with E-state index < -0.39 is 5.97 Å². The Labute approximate surface area is 173 Å². The number of carbonyl (C=O) groups is 1. The number of cyclic esters (lactones) is 1. The molecular weight excluding hydrogens is 364 g/mol. The van der Waals surface area contributed by atoms with Gasteiger partial charge in [-0.1, -0.05) is 30.7 Å². The maximum absolute atomic E-state index is 11.5. The molecule has 1 aromatic rings. The van der Waals surface area contributed by atoms with Crippen molar-refractivity contribution in [2.24, 2.45) is 5.92 Å². The number of esters is 1. The lowest BCUT2D eigenvalue weighted by molar-refractivity contribution is -0.133. The van der Waals surface area contributed by atoms with Crippen molar-refractivity contribution < 1.29 is 19.1 Å². The molecule has 0 radical (unpaired) electrons. The van der Waals surface area contributed by atoms with Gasteiger partial charge in [0.05, 0.1) is 11.8 Å². The predicted molar refractivity (Wildman–Crippen MR) is 114 cm³/mol. The first-order chi connectivity index (χ1) is 13.8. The molecule has 156 valence electrons. The van der Waals surface area contributed by atoms with Crippen LogP contribution in [0.15, 0.2) is 63.7 Å². The second kappa shape index (κ2) is 8.89. The van der Waals surface area contributed by atoms with E-state index in [2.05, 4.69) is 45.1 Å². The zero-order valence-corrected chi connectivity index (χ0v) is 18.0. The fourth-order valence-electron chi connectivity index (χ4n) is 4.12. The largest absolute Gasteiger partial charge is 0.504 e. The Hall–Kier alpha value is -2.49. The van der Waals surface area contributed by atoms with Gasteiger partial charge >= 0.3 is 5.97 Å². The summed E-state index contributed by atoms with van der Waals surface area (Å²) in [4.78, 5) is 11.5. The lowest BCUT2D eigenvalue weighted by Crippen LogP contribution is -2.23. The Morgan fingerprint density at radius 2 is 2.21 bits per heavy atom. The van der Waals surface area contributed by atoms with Gasteiger partial charge in [0.2, 0.25) is 0 Å². The van der Waals surface area contributed by atoms with Crippen LogP contribution in [0.5, 0.6) is 0 Å². The first-order valence-corrected chi connectivity index (χ1v) is 10.6. The third-order valence-electron chi connectivity index (χ3n) is 6.02. The van der Waals surface area contributed by atoms with E-state index in [4.69, 9.17) is 9.15 Å². The van der Waals surface area contributed by atoms with Crippen molar-refractivity contribution in [1.29, 1.82) is 0 Å². The summed E-state index contributed by atoms with van der Waals surface area (Å²) in [6.45, 7) is 8.06. The Kier molecular flexibility index (Phi) is 6.51. The SMILES string of the molecule is CC1=C(O)/C(=C/C(C)CCC/C(C)=C\C=C\[C@]2(C)CCCc3ccoc32)OC1=O. The molecule has 4 nitrogen and oxygen atoms in total. The van der Waals surface area contributed by atoms with Crippen LogP contribution in [0.1, 0.15) is 71.1 Å². The molecule has 0 bridgehead atoms. The van der Waals surface area contributed by atoms with Crippen LogP contribution in [0.2, 0.25) is 0 Å². The van der Waals surface area contributed by atoms with Crippen LogP contribution < -0.4 is 0 Å². The van der Waals surface area contributed by atoms with Crippen molar-refractivity contribution in [2.45, 2.75) is 71.6 Å². The summed E-state index contributed by atoms with van der Waals surface area (Å²) < 4.78 is 10.9. The maximum Gasteiger partial charge on any atom is 0.343 e. The highest BCUT2D eigenvalue weighted by molar-refractivity contribution is 5.93. The van der Waals surface area contributed by atoms with E-state index in [0.29, 0.717) is 5.76 Å². The minimum atomic E-state index is -0.458. The zero-order chi connectivity index (χ0) is 21.0. The molecule has 0 saturated carbocycles. The van der Waals surface area contributed by atoms with Crippen LogP contribution in [0.3, 0.4) is 0 Å². The summed E-state index contributed by atoms with van der Waals surface area (Å²) in [5.74, 6) is 1.16. The highest BCUT2D eigenvalue weighted by Crippen LogP contribution is 2.39. The fraction of sp³-hybridized carbons (Fsp3) is 0.480. The van der Waals surface area contributed by atoms with E-state index >= 15 is 0 Å². The highest BCUT2D eigenvalue weighted by Gasteiger charge is 2.32. The van der Waals surface area contributed by atoms with Gasteiger partial charge in [0.1, 0.15) is 5.76 Å². The first-order valence-electron chi connectivity index (χ1n) is 10.6. The third kappa shape index (κ3) is 4.92. The molecule has 1 unspecified atom stereocenters. The van der Waals surface area contributed by atoms with Crippen LogP contribution in [0, 0.1) is 5.92 Å². The van der Waals surface area contributed by atoms with Gasteiger partial charge in [-0.05, 0) is 82.9 Å². The molecule has 0 aromatic carbocycles. The lowest BCUT2D eigenvalue weighted by atomic mass is 9.75. The minimum absolute atomic E-state index is 0.0130. The quantitative estimate of drug-likeness (QED) is 0.425. The van der Waals surface area contributed by atoms with Gasteiger partial charge in [0.15, 0.2) is 11.5 Å². The average molecular weight is 397 g/mol. The molecule has 1 aromatic heterocycles. The topological polar surface area (TPSA) is 59.7 Å². The van der Waals surface area contributed by atoms with Crippen molar-refractivity contribution >= 4 is 5.97 Å². The van der Waals surface area contributed by atoms with Crippen LogP contribution in [-0.2, 0) is 21.4 Å². The smallest absolute Gasteiger partial charge is 0.343 e. The molecule has 1 aliphatic carbocycles. The Balaban J connectivity index is 1.49. The minimum Gasteiger partial charge on any atom is -0.504 e. The number of hydrogen-bond acceptors (Lipinski definition) is 4. The molecule has 2 heterocycles. The van der Waals surface area contributed by atoms with Gasteiger partial charge in [-0.3, -0.25) is 0 Å². The van der Waals surface area contributed by atoms with Crippen molar-refractivity contribution in [3.8, 4) is 0 Å². The number of aryl methyl sites for hydroxylation is 1. The molecule has 4 heteroatoms. The summed E-state index contributed by atoms with van der Waals surface area (Å²) in [6.07, 6.45) is 16.7. The van der Waals surface area contributed by atoms with Crippen LogP contribution >= 0.6 is 0 Å². The average Bonchev–Trinajstić information content (AvgIpc) is 3.24. The Morgan fingerprint density at radius 3 is 2.93 bits per heavy atom. The standard InChI is InChI=1S/C25H32O4/c1-17(8-5-9-18(2)16-21-22(26)19(3)24(27)29-21)10-6-13-25(4)14-7-11-20-12-15-28-23(20)25/h6,10,12-13,15-16,18,26H,5,7-9,11,14H2,1-4H3/b13-6+,17-10-,21-16-/t18?,25-/m1/s1. The molecule has 0 saturated heterocycles. The van der Waals surface area contributed by atoms with E-state index in [9.17, 15) is 9.90 Å². The lowest BCUT2D eigenvalue weighted by Gasteiger charge is -2.29. The monoisotopic (exact) mass is 396 g/mol. The molecular formula is C25H32O4. The number of hydrogen-bond donors (Lipinski definition) is 1. The van der Waals surface area contributed by atoms with Gasteiger partial charge in [0, 0.05) is 5.41 Å². The molecule has 2 atom stereocenters. The molecule has 1 aliphatic heterocycles. The molecule has 0 amide bonds. The van der Waals surface area contributed by atoms with E-state index in [1.807, 2.05) is 12.3 Å². The molecule has 29 heavy (non-hydrogen) atoms. The van der Waals surface area contributed by atoms with Crippen molar-refractivity contribution in [1.82, 2.24) is 0 Å². The number of ether oxygens (including phenoxy) is 1. The van der Waals surface area contributed by atoms with Crippen LogP contribution in [0.4, 0.5) is 0 Å². The Bertz CT molecular complexity index is 880. The normalized spacial score (nSPS) is 25.0. The third-order valence-corrected chi connectivity index (χ3v) is 6.02. The van der Waals surface area contributed by atoms with E-state index in [-0.39, 0.29) is 22.7 Å². The second-order valence-electron chi connectivity index (χ2n) is 8.68. The summed E-state index contributed by atoms with van der Waals surface area (Å²) in [5, 5.41) is 9.91. The van der Waals surface area contributed by atoms with Crippen LogP contribution in [0.25, 0.3) is 0 Å². The summed E-state index contributed by atoms with van der Waals surface area (Å²) in [7, 11) is 0. The number of aliphatic hydroxyl groups is 1. The van der Waals surface area contributed by atoms with Crippen molar-refractivity contribution in [3.05, 3.63) is 70.6 Å². The van der Waals surface area contributed by atoms with E-state index in [0.717, 1.165) is 37.9 Å². The van der Waals surface area contributed by atoms with Gasteiger partial charge < -0.3 is 14.3 Å². The fourth-order valence-corrected chi connectivity index (χ4v) is 4.12. The van der Waals surface area contributed by atoms with E-state index in [1.54, 1.807) is 6.92 Å². The molecule has 0 fully saturated rings. The van der Waals surface area contributed by atoms with Gasteiger partial charge in [-0.2, -0.15) is 0 Å². The number of fused-ring (bicyclic) bond motifs is 1. The summed E-state index contributed by atoms with van der Waals surface area (Å²) in [5.41, 5.74) is 2.95. The van der Waals surface area contributed by atoms with Crippen molar-refractivity contribution in [3.63, 3.8) is 0 Å². The molecule has 1 N–H and O–H groups in total. The predicted octanol–water partition coefficient (Wildman–Crippen LogP) is 6.46. The molecule has 3 rings (SSSR count). The summed E-state index contributed by atoms with van der Waals surface area (Å²) >= 11 is 0. The van der Waals surface area contributed by atoms with Gasteiger partial charge in [-0.25, -0.2) is 4.79 Å². The van der Waals surface area contributed by atoms with E-state index in [1.165, 1.54) is 17.6 Å². The van der Waals surface area contributed by atoms with Gasteiger partial charge in [-0.15, -0.1) is 0 Å². The second-order valence-corrected chi connectivity index (χ2v) is 8.68. The number of carbonyl (C=O) groups excluding carboxylic acids is 1. The number of rotatable bonds is 7. The molecule has 2 aliphatic rings. The van der Waals surface area contributed by atoms with Crippen molar-refractivity contribution in [2.75, 3.05) is 0 Å². The summed E-state index contributed by atoms with van der Waals surface area (Å²) in [6, 6.07) is 2.10. The van der Waals surface area contributed by atoms with Gasteiger partial charge in [0.25, 0.3) is 0 Å². The number of aliphatic hydroxyl groups excluding tert-OH is 1. The van der Waals surface area contributed by atoms with Crippen LogP contribution in [-0.4, -0.2) is 11.1 Å².